The molecule has 4 heterocycles. The van der Waals surface area contributed by atoms with Crippen LogP contribution in [-0.2, 0) is 6.54 Å². The Bertz CT molecular complexity index is 1280. The van der Waals surface area contributed by atoms with Gasteiger partial charge in [0.05, 0.1) is 11.4 Å². The van der Waals surface area contributed by atoms with Gasteiger partial charge in [-0.3, -0.25) is 4.90 Å². The first-order valence-electron chi connectivity index (χ1n) is 11.4. The van der Waals surface area contributed by atoms with Crippen LogP contribution in [0.1, 0.15) is 5.69 Å². The van der Waals surface area contributed by atoms with Crippen molar-refractivity contribution in [3.05, 3.63) is 72.6 Å². The molecule has 0 radical (unpaired) electrons. The van der Waals surface area contributed by atoms with Crippen LogP contribution in [0.2, 0.25) is 0 Å². The van der Waals surface area contributed by atoms with Crippen molar-refractivity contribution in [2.75, 3.05) is 50.0 Å². The Balaban J connectivity index is 1.31. The van der Waals surface area contributed by atoms with Gasteiger partial charge in [-0.1, -0.05) is 18.2 Å². The van der Waals surface area contributed by atoms with Crippen molar-refractivity contribution < 1.29 is 9.47 Å². The fraction of sp³-hybridized carbons (Fsp3) is 0.269. The largest absolute Gasteiger partial charge is 0.486 e. The minimum absolute atomic E-state index is 0.566. The van der Waals surface area contributed by atoms with Crippen LogP contribution in [-0.4, -0.2) is 53.7 Å². The van der Waals surface area contributed by atoms with Crippen molar-refractivity contribution in [2.24, 2.45) is 0 Å². The number of benzene rings is 2. The number of rotatable bonds is 4. The average Bonchev–Trinajstić information content (AvgIpc) is 3.22. The Morgan fingerprint density at radius 2 is 1.64 bits per heavy atom. The highest BCUT2D eigenvalue weighted by Gasteiger charge is 2.23. The third kappa shape index (κ3) is 3.85. The standard InChI is InChI=1S/C26H27N5O2/c27-20-7-9-25-28-26(19-6-8-23-24(16-19)33-15-14-32-23)22(31(25)17-20)18-29-10-12-30(13-11-29)21-4-2-1-3-5-21/h1-9,16-17H,10-15,18,27H2. The lowest BCUT2D eigenvalue weighted by atomic mass is 10.1. The lowest BCUT2D eigenvalue weighted by molar-refractivity contribution is 0.171. The summed E-state index contributed by atoms with van der Waals surface area (Å²) in [5.41, 5.74) is 12.2. The Labute approximate surface area is 193 Å². The number of nitrogens with two attached hydrogens (primary N) is 1. The minimum Gasteiger partial charge on any atom is -0.486 e. The molecule has 4 aromatic rings. The first-order valence-corrected chi connectivity index (χ1v) is 11.4. The molecule has 2 N–H and O–H groups in total. The van der Waals surface area contributed by atoms with Crippen LogP contribution in [0.15, 0.2) is 66.9 Å². The van der Waals surface area contributed by atoms with Crippen molar-refractivity contribution in [3.8, 4) is 22.8 Å². The number of hydrogen-bond donors (Lipinski definition) is 1. The molecule has 1 saturated heterocycles. The number of aromatic nitrogens is 2. The summed E-state index contributed by atoms with van der Waals surface area (Å²) < 4.78 is 13.7. The molecule has 1 fully saturated rings. The number of para-hydroxylation sites is 1. The SMILES string of the molecule is Nc1ccc2nc(-c3ccc4c(c3)OCCO4)c(CN3CCN(c4ccccc4)CC3)n2c1. The summed E-state index contributed by atoms with van der Waals surface area (Å²) in [5.74, 6) is 1.56. The van der Waals surface area contributed by atoms with E-state index in [2.05, 4.69) is 50.6 Å². The molecule has 7 heteroatoms. The van der Waals surface area contributed by atoms with Gasteiger partial charge in [-0.05, 0) is 42.5 Å². The van der Waals surface area contributed by atoms with Gasteiger partial charge in [-0.25, -0.2) is 4.98 Å². The van der Waals surface area contributed by atoms with Gasteiger partial charge in [0, 0.05) is 55.9 Å². The molecule has 2 aromatic carbocycles. The summed E-state index contributed by atoms with van der Waals surface area (Å²) in [6.07, 6.45) is 1.97. The third-order valence-corrected chi connectivity index (χ3v) is 6.42. The minimum atomic E-state index is 0.566. The van der Waals surface area contributed by atoms with Crippen LogP contribution >= 0.6 is 0 Å². The number of nitrogens with zero attached hydrogens (tertiary/aromatic N) is 4. The van der Waals surface area contributed by atoms with Gasteiger partial charge >= 0.3 is 0 Å². The molecule has 0 unspecified atom stereocenters. The van der Waals surface area contributed by atoms with Crippen LogP contribution in [0.4, 0.5) is 11.4 Å². The number of piperazine rings is 1. The Morgan fingerprint density at radius 1 is 0.848 bits per heavy atom. The second-order valence-electron chi connectivity index (χ2n) is 8.55. The molecule has 0 saturated carbocycles. The lowest BCUT2D eigenvalue weighted by Crippen LogP contribution is -2.46. The van der Waals surface area contributed by atoms with Crippen molar-refractivity contribution in [2.45, 2.75) is 6.54 Å². The summed E-state index contributed by atoms with van der Waals surface area (Å²) in [4.78, 5) is 9.92. The van der Waals surface area contributed by atoms with E-state index in [-0.39, 0.29) is 0 Å². The van der Waals surface area contributed by atoms with Crippen molar-refractivity contribution in [1.29, 1.82) is 0 Å². The van der Waals surface area contributed by atoms with E-state index < -0.39 is 0 Å². The third-order valence-electron chi connectivity index (χ3n) is 6.42. The van der Waals surface area contributed by atoms with Crippen LogP contribution in [0.5, 0.6) is 11.5 Å². The van der Waals surface area contributed by atoms with Gasteiger partial charge in [0.15, 0.2) is 11.5 Å². The molecule has 0 bridgehead atoms. The van der Waals surface area contributed by atoms with Gasteiger partial charge in [0.1, 0.15) is 18.9 Å². The Kier molecular flexibility index (Phi) is 5.03. The lowest BCUT2D eigenvalue weighted by Gasteiger charge is -2.36. The van der Waals surface area contributed by atoms with E-state index in [1.165, 1.54) is 5.69 Å². The maximum atomic E-state index is 6.14. The summed E-state index contributed by atoms with van der Waals surface area (Å²) in [7, 11) is 0. The molecule has 2 aliphatic rings. The van der Waals surface area contributed by atoms with E-state index >= 15 is 0 Å². The van der Waals surface area contributed by atoms with E-state index in [4.69, 9.17) is 20.2 Å². The molecule has 33 heavy (non-hydrogen) atoms. The van der Waals surface area contributed by atoms with Gasteiger partial charge in [0.25, 0.3) is 0 Å². The normalized spacial score (nSPS) is 16.3. The summed E-state index contributed by atoms with van der Waals surface area (Å²) in [6.45, 7) is 5.94. The predicted octanol–water partition coefficient (Wildman–Crippen LogP) is 3.68. The number of pyridine rings is 1. The fourth-order valence-corrected chi connectivity index (χ4v) is 4.70. The smallest absolute Gasteiger partial charge is 0.162 e. The zero-order valence-electron chi connectivity index (χ0n) is 18.5. The summed E-state index contributed by atoms with van der Waals surface area (Å²) >= 11 is 0. The van der Waals surface area contributed by atoms with E-state index in [9.17, 15) is 0 Å². The molecule has 0 atom stereocenters. The number of nitrogen functional groups attached to an aromatic ring is 1. The van der Waals surface area contributed by atoms with Crippen molar-refractivity contribution >= 4 is 17.0 Å². The van der Waals surface area contributed by atoms with E-state index in [1.54, 1.807) is 0 Å². The van der Waals surface area contributed by atoms with Crippen LogP contribution in [0.3, 0.4) is 0 Å². The first-order chi connectivity index (χ1) is 16.2. The van der Waals surface area contributed by atoms with E-state index in [0.717, 1.165) is 72.5 Å². The summed E-state index contributed by atoms with van der Waals surface area (Å²) in [5, 5.41) is 0. The number of hydrogen-bond acceptors (Lipinski definition) is 6. The maximum absolute atomic E-state index is 6.14. The Morgan fingerprint density at radius 3 is 2.45 bits per heavy atom. The second-order valence-corrected chi connectivity index (χ2v) is 8.55. The monoisotopic (exact) mass is 441 g/mol. The van der Waals surface area contributed by atoms with Gasteiger partial charge in [-0.2, -0.15) is 0 Å². The molecule has 0 aliphatic carbocycles. The zero-order valence-corrected chi connectivity index (χ0v) is 18.5. The van der Waals surface area contributed by atoms with Crippen LogP contribution in [0.25, 0.3) is 16.9 Å². The molecular formula is C26H27N5O2. The summed E-state index contributed by atoms with van der Waals surface area (Å²) in [6, 6.07) is 20.6. The maximum Gasteiger partial charge on any atom is 0.162 e. The van der Waals surface area contributed by atoms with Gasteiger partial charge in [0.2, 0.25) is 0 Å². The number of fused-ring (bicyclic) bond motifs is 2. The Hall–Kier alpha value is -3.71. The molecule has 0 spiro atoms. The molecule has 7 nitrogen and oxygen atoms in total. The number of anilines is 2. The van der Waals surface area contributed by atoms with Crippen LogP contribution < -0.4 is 20.1 Å². The second kappa shape index (κ2) is 8.33. The topological polar surface area (TPSA) is 68.3 Å². The molecule has 2 aromatic heterocycles. The first kappa shape index (κ1) is 19.9. The van der Waals surface area contributed by atoms with Gasteiger partial charge < -0.3 is 24.5 Å². The molecule has 0 amide bonds. The molecular weight excluding hydrogens is 414 g/mol. The van der Waals surface area contributed by atoms with E-state index in [0.29, 0.717) is 13.2 Å². The molecule has 2 aliphatic heterocycles. The fourth-order valence-electron chi connectivity index (χ4n) is 4.70. The van der Waals surface area contributed by atoms with Gasteiger partial charge in [-0.15, -0.1) is 0 Å². The van der Waals surface area contributed by atoms with Crippen molar-refractivity contribution in [3.63, 3.8) is 0 Å². The van der Waals surface area contributed by atoms with E-state index in [1.807, 2.05) is 30.5 Å². The highest BCUT2D eigenvalue weighted by atomic mass is 16.6. The quantitative estimate of drug-likeness (QED) is 0.521. The zero-order chi connectivity index (χ0) is 22.2. The molecule has 6 rings (SSSR count). The number of ether oxygens (including phenoxy) is 2. The highest BCUT2D eigenvalue weighted by Crippen LogP contribution is 2.36. The van der Waals surface area contributed by atoms with Crippen molar-refractivity contribution in [1.82, 2.24) is 14.3 Å². The number of imidazole rings is 1. The van der Waals surface area contributed by atoms with Crippen LogP contribution in [0, 0.1) is 0 Å². The predicted molar refractivity (Wildman–Crippen MR) is 130 cm³/mol. The molecule has 168 valence electrons. The average molecular weight is 442 g/mol. The highest BCUT2D eigenvalue weighted by molar-refractivity contribution is 5.70.